The predicted octanol–water partition coefficient (Wildman–Crippen LogP) is 2.17. The van der Waals surface area contributed by atoms with Gasteiger partial charge in [0.2, 0.25) is 0 Å². The summed E-state index contributed by atoms with van der Waals surface area (Å²) in [6.45, 7) is 3.78. The second-order valence-electron chi connectivity index (χ2n) is 4.59. The van der Waals surface area contributed by atoms with Gasteiger partial charge in [-0.3, -0.25) is 13.9 Å². The lowest BCUT2D eigenvalue weighted by atomic mass is 10.1. The van der Waals surface area contributed by atoms with Gasteiger partial charge in [0, 0.05) is 30.5 Å². The lowest BCUT2D eigenvalue weighted by Crippen LogP contribution is -2.07. The van der Waals surface area contributed by atoms with E-state index >= 15 is 0 Å². The number of Topliss-reactive ketones (excluding diaryl/α,β-unsaturated/α-hetero) is 1. The van der Waals surface area contributed by atoms with Gasteiger partial charge >= 0.3 is 0 Å². The average Bonchev–Trinajstić information content (AvgIpc) is 2.94. The summed E-state index contributed by atoms with van der Waals surface area (Å²) >= 11 is 1.57. The highest BCUT2D eigenvalue weighted by molar-refractivity contribution is 7.15. The van der Waals surface area contributed by atoms with E-state index in [1.54, 1.807) is 16.0 Å². The Morgan fingerprint density at radius 3 is 2.84 bits per heavy atom. The van der Waals surface area contributed by atoms with Crippen molar-refractivity contribution < 1.29 is 4.79 Å². The molecule has 3 aromatic rings. The fraction of sp³-hybridized carbons (Fsp3) is 0.308. The first-order chi connectivity index (χ1) is 9.06. The summed E-state index contributed by atoms with van der Waals surface area (Å²) in [5.74, 6) is 0.0776. The summed E-state index contributed by atoms with van der Waals surface area (Å²) < 4.78 is 3.69. The van der Waals surface area contributed by atoms with Gasteiger partial charge in [0.1, 0.15) is 0 Å². The van der Waals surface area contributed by atoms with Crippen LogP contribution in [0.15, 0.2) is 17.8 Å². The highest BCUT2D eigenvalue weighted by Gasteiger charge is 2.18. The van der Waals surface area contributed by atoms with E-state index in [1.807, 2.05) is 43.1 Å². The molecule has 0 saturated carbocycles. The Bertz CT molecular complexity index is 736. The number of hydrogen-bond donors (Lipinski definition) is 0. The molecule has 0 aliphatic rings. The van der Waals surface area contributed by atoms with Crippen LogP contribution in [0.25, 0.3) is 4.96 Å². The van der Waals surface area contributed by atoms with Crippen molar-refractivity contribution in [2.75, 3.05) is 0 Å². The Hall–Kier alpha value is -1.95. The highest BCUT2D eigenvalue weighted by Crippen LogP contribution is 2.17. The molecule has 0 aliphatic carbocycles. The molecular formula is C13H14N4OS. The number of imidazole rings is 1. The Labute approximate surface area is 114 Å². The molecule has 0 N–H and O–H groups in total. The van der Waals surface area contributed by atoms with Gasteiger partial charge in [0.15, 0.2) is 10.7 Å². The Morgan fingerprint density at radius 1 is 1.42 bits per heavy atom. The Kier molecular flexibility index (Phi) is 2.74. The number of ketones is 1. The van der Waals surface area contributed by atoms with Gasteiger partial charge in [-0.05, 0) is 13.8 Å². The summed E-state index contributed by atoms with van der Waals surface area (Å²) in [4.78, 5) is 17.7. The molecule has 0 bridgehead atoms. The molecule has 0 atom stereocenters. The lowest BCUT2D eigenvalue weighted by Gasteiger charge is -1.99. The van der Waals surface area contributed by atoms with Crippen molar-refractivity contribution in [1.29, 1.82) is 0 Å². The van der Waals surface area contributed by atoms with Crippen LogP contribution >= 0.6 is 11.3 Å². The van der Waals surface area contributed by atoms with E-state index in [1.165, 1.54) is 0 Å². The van der Waals surface area contributed by atoms with E-state index in [4.69, 9.17) is 0 Å². The molecule has 3 rings (SSSR count). The number of aryl methyl sites for hydroxylation is 2. The van der Waals surface area contributed by atoms with Crippen molar-refractivity contribution in [3.05, 3.63) is 40.4 Å². The highest BCUT2D eigenvalue weighted by atomic mass is 32.1. The maximum atomic E-state index is 12.4. The second-order valence-corrected chi connectivity index (χ2v) is 5.47. The van der Waals surface area contributed by atoms with Gasteiger partial charge in [-0.25, -0.2) is 4.98 Å². The summed E-state index contributed by atoms with van der Waals surface area (Å²) in [6, 6.07) is 0. The minimum atomic E-state index is 0.0776. The molecule has 3 aromatic heterocycles. The van der Waals surface area contributed by atoms with Crippen LogP contribution in [0.3, 0.4) is 0 Å². The van der Waals surface area contributed by atoms with Crippen LogP contribution in [0.2, 0.25) is 0 Å². The average molecular weight is 274 g/mol. The maximum Gasteiger partial charge on any atom is 0.193 e. The largest absolute Gasteiger partial charge is 0.297 e. The molecule has 19 heavy (non-hydrogen) atoms. The number of carbonyl (C=O) groups excluding carboxylic acids is 1. The number of aromatic nitrogens is 4. The molecule has 0 fully saturated rings. The molecule has 0 unspecified atom stereocenters. The number of carbonyl (C=O) groups is 1. The van der Waals surface area contributed by atoms with Crippen LogP contribution in [0.4, 0.5) is 0 Å². The molecule has 0 aromatic carbocycles. The third kappa shape index (κ3) is 1.98. The number of fused-ring (bicyclic) bond motifs is 1. The molecular weight excluding hydrogens is 260 g/mol. The first kappa shape index (κ1) is 12.1. The van der Waals surface area contributed by atoms with E-state index in [9.17, 15) is 4.79 Å². The maximum absolute atomic E-state index is 12.4. The topological polar surface area (TPSA) is 52.2 Å². The van der Waals surface area contributed by atoms with Crippen LogP contribution < -0.4 is 0 Å². The minimum absolute atomic E-state index is 0.0776. The van der Waals surface area contributed by atoms with Crippen molar-refractivity contribution >= 4 is 22.1 Å². The lowest BCUT2D eigenvalue weighted by molar-refractivity contribution is 0.0991. The zero-order valence-corrected chi connectivity index (χ0v) is 11.9. The quantitative estimate of drug-likeness (QED) is 0.688. The molecule has 3 heterocycles. The normalized spacial score (nSPS) is 11.3. The molecule has 98 valence electrons. The first-order valence-corrected chi connectivity index (χ1v) is 6.88. The standard InChI is InChI=1S/C13H14N4OS/c1-8-12(9(2)16(3)15-8)11(18)6-10-7-17-4-5-19-13(17)14-10/h4-5,7H,6H2,1-3H3. The van der Waals surface area contributed by atoms with Crippen molar-refractivity contribution in [3.8, 4) is 0 Å². The number of nitrogens with zero attached hydrogens (tertiary/aromatic N) is 4. The Morgan fingerprint density at radius 2 is 2.21 bits per heavy atom. The van der Waals surface area contributed by atoms with Crippen molar-refractivity contribution in [3.63, 3.8) is 0 Å². The van der Waals surface area contributed by atoms with Crippen LogP contribution in [-0.2, 0) is 13.5 Å². The summed E-state index contributed by atoms with van der Waals surface area (Å²) in [5.41, 5.74) is 3.22. The van der Waals surface area contributed by atoms with Crippen LogP contribution in [0.1, 0.15) is 27.4 Å². The van der Waals surface area contributed by atoms with Gasteiger partial charge in [0.25, 0.3) is 0 Å². The third-order valence-electron chi connectivity index (χ3n) is 3.27. The molecule has 0 radical (unpaired) electrons. The van der Waals surface area contributed by atoms with Crippen molar-refractivity contribution in [2.45, 2.75) is 20.3 Å². The molecule has 0 saturated heterocycles. The number of thiazole rings is 1. The van der Waals surface area contributed by atoms with Crippen LogP contribution in [0.5, 0.6) is 0 Å². The number of hydrogen-bond acceptors (Lipinski definition) is 4. The molecule has 0 aliphatic heterocycles. The zero-order chi connectivity index (χ0) is 13.6. The van der Waals surface area contributed by atoms with Crippen LogP contribution in [0, 0.1) is 13.8 Å². The monoisotopic (exact) mass is 274 g/mol. The van der Waals surface area contributed by atoms with E-state index in [0.717, 1.165) is 27.6 Å². The van der Waals surface area contributed by atoms with Gasteiger partial charge < -0.3 is 0 Å². The first-order valence-electron chi connectivity index (χ1n) is 6.00. The van der Waals surface area contributed by atoms with E-state index < -0.39 is 0 Å². The van der Waals surface area contributed by atoms with Crippen LogP contribution in [-0.4, -0.2) is 24.9 Å². The minimum Gasteiger partial charge on any atom is -0.297 e. The summed E-state index contributed by atoms with van der Waals surface area (Å²) in [6.07, 6.45) is 4.17. The zero-order valence-electron chi connectivity index (χ0n) is 11.0. The summed E-state index contributed by atoms with van der Waals surface area (Å²) in [5, 5.41) is 6.25. The smallest absolute Gasteiger partial charge is 0.193 e. The molecule has 6 heteroatoms. The van der Waals surface area contributed by atoms with E-state index in [-0.39, 0.29) is 5.78 Å². The van der Waals surface area contributed by atoms with Gasteiger partial charge in [-0.1, -0.05) is 0 Å². The molecule has 5 nitrogen and oxygen atoms in total. The predicted molar refractivity (Wildman–Crippen MR) is 73.8 cm³/mol. The van der Waals surface area contributed by atoms with Gasteiger partial charge in [0.05, 0.1) is 23.4 Å². The van der Waals surface area contributed by atoms with E-state index in [0.29, 0.717) is 6.42 Å². The Balaban J connectivity index is 1.90. The molecule has 0 spiro atoms. The summed E-state index contributed by atoms with van der Waals surface area (Å²) in [7, 11) is 1.85. The van der Waals surface area contributed by atoms with Crippen molar-refractivity contribution in [1.82, 2.24) is 19.2 Å². The molecule has 0 amide bonds. The fourth-order valence-corrected chi connectivity index (χ4v) is 3.01. The second kappa shape index (κ2) is 4.31. The van der Waals surface area contributed by atoms with E-state index in [2.05, 4.69) is 10.1 Å². The van der Waals surface area contributed by atoms with Gasteiger partial charge in [-0.15, -0.1) is 11.3 Å². The fourth-order valence-electron chi connectivity index (χ4n) is 2.29. The van der Waals surface area contributed by atoms with Crippen molar-refractivity contribution in [2.24, 2.45) is 7.05 Å². The SMILES string of the molecule is Cc1nn(C)c(C)c1C(=O)Cc1cn2ccsc2n1. The number of rotatable bonds is 3. The van der Waals surface area contributed by atoms with Gasteiger partial charge in [-0.2, -0.15) is 5.10 Å². The third-order valence-corrected chi connectivity index (χ3v) is 4.04.